The van der Waals surface area contributed by atoms with E-state index in [0.29, 0.717) is 23.7 Å². The van der Waals surface area contributed by atoms with Crippen molar-refractivity contribution in [2.45, 2.75) is 45.3 Å². The topological polar surface area (TPSA) is 106 Å². The van der Waals surface area contributed by atoms with E-state index in [1.807, 2.05) is 13.8 Å². The Kier molecular flexibility index (Phi) is 6.31. The number of ether oxygens (including phenoxy) is 3. The quantitative estimate of drug-likeness (QED) is 0.672. The minimum atomic E-state index is -0.663. The number of fused-ring (bicyclic) bond motifs is 1. The summed E-state index contributed by atoms with van der Waals surface area (Å²) in [6.07, 6.45) is 2.07. The molecule has 3 atom stereocenters. The van der Waals surface area contributed by atoms with Gasteiger partial charge in [0, 0.05) is 37.9 Å². The number of carbonyl (C=O) groups excluding carboxylic acids is 3. The third-order valence-corrected chi connectivity index (χ3v) is 5.94. The van der Waals surface area contributed by atoms with E-state index < -0.39 is 12.0 Å². The van der Waals surface area contributed by atoms with Gasteiger partial charge >= 0.3 is 0 Å². The zero-order valence-corrected chi connectivity index (χ0v) is 17.9. The molecule has 2 N–H and O–H groups in total. The molecule has 3 amide bonds. The molecule has 2 fully saturated rings. The standard InChI is InChI=1S/C22H29N3O6/c1-13(2)20(22(28)23-10-16-4-3-7-29-16)24-21(27)14-8-19(26)25(11-14)15-5-6-17-18(9-15)31-12-30-17/h5-6,9,13-14,16,20H,3-4,7-8,10-12H2,1-2H3,(H,23,28)(H,24,27)/t14-,16+,20-/m0/s1. The fraction of sp³-hybridized carbons (Fsp3) is 0.591. The molecule has 3 heterocycles. The van der Waals surface area contributed by atoms with E-state index in [1.54, 1.807) is 23.1 Å². The number of hydrogen-bond donors (Lipinski definition) is 2. The Labute approximate surface area is 181 Å². The maximum Gasteiger partial charge on any atom is 0.242 e. The van der Waals surface area contributed by atoms with Crippen LogP contribution in [0.4, 0.5) is 5.69 Å². The van der Waals surface area contributed by atoms with E-state index in [1.165, 1.54) is 0 Å². The van der Waals surface area contributed by atoms with Crippen LogP contribution < -0.4 is 25.0 Å². The lowest BCUT2D eigenvalue weighted by atomic mass is 10.0. The number of rotatable bonds is 7. The third-order valence-electron chi connectivity index (χ3n) is 5.94. The second-order valence-electron chi connectivity index (χ2n) is 8.55. The van der Waals surface area contributed by atoms with Gasteiger partial charge in [0.1, 0.15) is 6.04 Å². The number of carbonyl (C=O) groups is 3. The molecular weight excluding hydrogens is 402 g/mol. The first kappa shape index (κ1) is 21.4. The van der Waals surface area contributed by atoms with Gasteiger partial charge in [0.2, 0.25) is 24.5 Å². The molecule has 3 aliphatic heterocycles. The van der Waals surface area contributed by atoms with Crippen LogP contribution in [0.2, 0.25) is 0 Å². The van der Waals surface area contributed by atoms with Gasteiger partial charge < -0.3 is 29.7 Å². The van der Waals surface area contributed by atoms with Gasteiger partial charge in [0.05, 0.1) is 12.0 Å². The molecule has 2 saturated heterocycles. The summed E-state index contributed by atoms with van der Waals surface area (Å²) >= 11 is 0. The first-order valence-corrected chi connectivity index (χ1v) is 10.8. The van der Waals surface area contributed by atoms with Crippen molar-refractivity contribution in [3.05, 3.63) is 18.2 Å². The van der Waals surface area contributed by atoms with Crippen LogP contribution in [0.15, 0.2) is 18.2 Å². The van der Waals surface area contributed by atoms with Gasteiger partial charge in [0.15, 0.2) is 11.5 Å². The average molecular weight is 431 g/mol. The van der Waals surface area contributed by atoms with E-state index in [9.17, 15) is 14.4 Å². The molecule has 0 unspecified atom stereocenters. The van der Waals surface area contributed by atoms with Crippen molar-refractivity contribution in [3.63, 3.8) is 0 Å². The third kappa shape index (κ3) is 4.76. The molecule has 31 heavy (non-hydrogen) atoms. The highest BCUT2D eigenvalue weighted by molar-refractivity contribution is 6.01. The monoisotopic (exact) mass is 431 g/mol. The number of benzene rings is 1. The first-order chi connectivity index (χ1) is 14.9. The number of amides is 3. The smallest absolute Gasteiger partial charge is 0.242 e. The highest BCUT2D eigenvalue weighted by Gasteiger charge is 2.37. The van der Waals surface area contributed by atoms with Crippen molar-refractivity contribution in [2.75, 3.05) is 31.4 Å². The summed E-state index contributed by atoms with van der Waals surface area (Å²) in [6.45, 7) is 5.35. The van der Waals surface area contributed by atoms with Crippen LogP contribution in [0.1, 0.15) is 33.1 Å². The minimum absolute atomic E-state index is 0.0372. The van der Waals surface area contributed by atoms with E-state index in [2.05, 4.69) is 10.6 Å². The lowest BCUT2D eigenvalue weighted by Crippen LogP contribution is -2.52. The van der Waals surface area contributed by atoms with Gasteiger partial charge in [-0.05, 0) is 30.9 Å². The summed E-state index contributed by atoms with van der Waals surface area (Å²) in [4.78, 5) is 39.7. The molecule has 0 spiro atoms. The largest absolute Gasteiger partial charge is 0.454 e. The average Bonchev–Trinajstić information content (AvgIpc) is 3.49. The van der Waals surface area contributed by atoms with Gasteiger partial charge in [-0.2, -0.15) is 0 Å². The number of nitrogens with zero attached hydrogens (tertiary/aromatic N) is 1. The van der Waals surface area contributed by atoms with Gasteiger partial charge in [-0.15, -0.1) is 0 Å². The second-order valence-corrected chi connectivity index (χ2v) is 8.55. The molecule has 9 heteroatoms. The Morgan fingerprint density at radius 1 is 1.23 bits per heavy atom. The number of anilines is 1. The zero-order chi connectivity index (χ0) is 22.0. The normalized spacial score (nSPS) is 23.3. The van der Waals surface area contributed by atoms with Crippen molar-refractivity contribution in [1.82, 2.24) is 10.6 Å². The molecule has 0 bridgehead atoms. The summed E-state index contributed by atoms with van der Waals surface area (Å²) in [7, 11) is 0. The van der Waals surface area contributed by atoms with Crippen LogP contribution in [0.25, 0.3) is 0 Å². The molecule has 0 aliphatic carbocycles. The van der Waals surface area contributed by atoms with Crippen molar-refractivity contribution in [3.8, 4) is 11.5 Å². The highest BCUT2D eigenvalue weighted by atomic mass is 16.7. The fourth-order valence-corrected chi connectivity index (χ4v) is 4.12. The maximum atomic E-state index is 12.9. The zero-order valence-electron chi connectivity index (χ0n) is 17.9. The van der Waals surface area contributed by atoms with Crippen LogP contribution in [0, 0.1) is 11.8 Å². The molecule has 0 saturated carbocycles. The van der Waals surface area contributed by atoms with Crippen molar-refractivity contribution >= 4 is 23.4 Å². The van der Waals surface area contributed by atoms with E-state index in [4.69, 9.17) is 14.2 Å². The molecule has 1 aromatic rings. The van der Waals surface area contributed by atoms with Gasteiger partial charge in [0.25, 0.3) is 0 Å². The molecule has 168 valence electrons. The number of nitrogens with one attached hydrogen (secondary N) is 2. The van der Waals surface area contributed by atoms with Gasteiger partial charge in [-0.3, -0.25) is 14.4 Å². The molecule has 0 aromatic heterocycles. The van der Waals surface area contributed by atoms with E-state index in [0.717, 1.165) is 19.4 Å². The summed E-state index contributed by atoms with van der Waals surface area (Å²) < 4.78 is 16.2. The van der Waals surface area contributed by atoms with Crippen LogP contribution in [0.3, 0.4) is 0 Å². The molecule has 0 radical (unpaired) electrons. The van der Waals surface area contributed by atoms with Crippen LogP contribution in [0.5, 0.6) is 11.5 Å². The predicted octanol–water partition coefficient (Wildman–Crippen LogP) is 1.20. The Morgan fingerprint density at radius 2 is 2.03 bits per heavy atom. The summed E-state index contributed by atoms with van der Waals surface area (Å²) in [5, 5.41) is 5.74. The Hall–Kier alpha value is -2.81. The predicted molar refractivity (Wildman–Crippen MR) is 112 cm³/mol. The Balaban J connectivity index is 1.35. The first-order valence-electron chi connectivity index (χ1n) is 10.8. The molecule has 9 nitrogen and oxygen atoms in total. The van der Waals surface area contributed by atoms with Crippen molar-refractivity contribution in [2.24, 2.45) is 11.8 Å². The lowest BCUT2D eigenvalue weighted by molar-refractivity contribution is -0.132. The molecule has 3 aliphatic rings. The highest BCUT2D eigenvalue weighted by Crippen LogP contribution is 2.37. The van der Waals surface area contributed by atoms with Gasteiger partial charge in [-0.25, -0.2) is 0 Å². The van der Waals surface area contributed by atoms with Crippen LogP contribution >= 0.6 is 0 Å². The summed E-state index contributed by atoms with van der Waals surface area (Å²) in [6, 6.07) is 4.62. The summed E-state index contributed by atoms with van der Waals surface area (Å²) in [5.41, 5.74) is 0.666. The SMILES string of the molecule is CC(C)[C@H](NC(=O)[C@H]1CC(=O)N(c2ccc3c(c2)OCO3)C1)C(=O)NC[C@H]1CCCO1. The van der Waals surface area contributed by atoms with Crippen LogP contribution in [-0.4, -0.2) is 56.4 Å². The van der Waals surface area contributed by atoms with E-state index >= 15 is 0 Å². The minimum Gasteiger partial charge on any atom is -0.454 e. The Morgan fingerprint density at radius 3 is 2.77 bits per heavy atom. The van der Waals surface area contributed by atoms with E-state index in [-0.39, 0.29) is 49.5 Å². The van der Waals surface area contributed by atoms with Crippen molar-refractivity contribution < 1.29 is 28.6 Å². The Bertz CT molecular complexity index is 852. The van der Waals surface area contributed by atoms with Gasteiger partial charge in [-0.1, -0.05) is 13.8 Å². The number of hydrogen-bond acceptors (Lipinski definition) is 6. The molecule has 4 rings (SSSR count). The fourth-order valence-electron chi connectivity index (χ4n) is 4.12. The van der Waals surface area contributed by atoms with Crippen molar-refractivity contribution in [1.29, 1.82) is 0 Å². The maximum absolute atomic E-state index is 12.9. The molecular formula is C22H29N3O6. The lowest BCUT2D eigenvalue weighted by Gasteiger charge is -2.24. The summed E-state index contributed by atoms with van der Waals surface area (Å²) in [5.74, 6) is -0.0403. The van der Waals surface area contributed by atoms with Crippen LogP contribution in [-0.2, 0) is 19.1 Å². The molecule has 1 aromatic carbocycles. The second kappa shape index (κ2) is 9.13.